The van der Waals surface area contributed by atoms with E-state index in [-0.39, 0.29) is 5.75 Å². The summed E-state index contributed by atoms with van der Waals surface area (Å²) < 4.78 is 36.1. The molecule has 0 unspecified atom stereocenters. The SMILES string of the molecule is FC(F)Oc1ccc(-n2nnnc2CN2CCOc3c(Cl)cccc32)cc1. The maximum absolute atomic E-state index is 12.3. The van der Waals surface area contributed by atoms with Crippen LogP contribution in [0.15, 0.2) is 42.5 Å². The fraction of sp³-hybridized carbons (Fsp3) is 0.235. The molecular formula is C17H14ClF2N5O2. The van der Waals surface area contributed by atoms with Gasteiger partial charge in [-0.05, 0) is 46.8 Å². The minimum atomic E-state index is -2.87. The summed E-state index contributed by atoms with van der Waals surface area (Å²) in [5.41, 5.74) is 1.50. The van der Waals surface area contributed by atoms with Gasteiger partial charge in [0.2, 0.25) is 0 Å². The lowest BCUT2D eigenvalue weighted by Crippen LogP contribution is -2.33. The number of hydrogen-bond acceptors (Lipinski definition) is 6. The van der Waals surface area contributed by atoms with Gasteiger partial charge in [-0.15, -0.1) is 5.10 Å². The molecule has 0 amide bonds. The van der Waals surface area contributed by atoms with Crippen molar-refractivity contribution in [2.75, 3.05) is 18.1 Å². The first-order valence-electron chi connectivity index (χ1n) is 8.10. The van der Waals surface area contributed by atoms with E-state index >= 15 is 0 Å². The lowest BCUT2D eigenvalue weighted by atomic mass is 10.2. The molecule has 10 heteroatoms. The van der Waals surface area contributed by atoms with Crippen LogP contribution in [0.1, 0.15) is 5.82 Å². The maximum Gasteiger partial charge on any atom is 0.387 e. The Hall–Kier alpha value is -2.94. The molecule has 0 radical (unpaired) electrons. The molecule has 0 saturated carbocycles. The fourth-order valence-corrected chi connectivity index (χ4v) is 3.10. The van der Waals surface area contributed by atoms with Crippen molar-refractivity contribution in [1.29, 1.82) is 0 Å². The number of hydrogen-bond donors (Lipinski definition) is 0. The summed E-state index contributed by atoms with van der Waals surface area (Å²) in [5.74, 6) is 1.29. The molecule has 1 aliphatic heterocycles. The third kappa shape index (κ3) is 3.63. The van der Waals surface area contributed by atoms with E-state index < -0.39 is 6.61 Å². The zero-order valence-electron chi connectivity index (χ0n) is 13.9. The Balaban J connectivity index is 1.58. The Morgan fingerprint density at radius 2 is 2.00 bits per heavy atom. The van der Waals surface area contributed by atoms with Crippen LogP contribution in [0, 0.1) is 0 Å². The highest BCUT2D eigenvalue weighted by molar-refractivity contribution is 6.32. The number of fused-ring (bicyclic) bond motifs is 1. The van der Waals surface area contributed by atoms with Gasteiger partial charge in [-0.3, -0.25) is 0 Å². The van der Waals surface area contributed by atoms with E-state index in [0.29, 0.717) is 42.0 Å². The van der Waals surface area contributed by atoms with E-state index in [1.54, 1.807) is 22.9 Å². The van der Waals surface area contributed by atoms with Gasteiger partial charge in [-0.2, -0.15) is 13.5 Å². The molecule has 0 fully saturated rings. The van der Waals surface area contributed by atoms with Crippen molar-refractivity contribution >= 4 is 17.3 Å². The minimum absolute atomic E-state index is 0.0696. The molecule has 0 N–H and O–H groups in total. The standard InChI is InChI=1S/C17H14ClF2N5O2/c18-13-2-1-3-14-16(13)26-9-8-24(14)10-15-21-22-23-25(15)11-4-6-12(7-5-11)27-17(19)20/h1-7,17H,8-10H2. The van der Waals surface area contributed by atoms with Crippen molar-refractivity contribution in [3.8, 4) is 17.2 Å². The van der Waals surface area contributed by atoms with E-state index in [2.05, 4.69) is 25.2 Å². The number of tetrazole rings is 1. The lowest BCUT2D eigenvalue weighted by molar-refractivity contribution is -0.0498. The molecular weight excluding hydrogens is 380 g/mol. The van der Waals surface area contributed by atoms with Gasteiger partial charge in [0.1, 0.15) is 12.4 Å². The van der Waals surface area contributed by atoms with Crippen LogP contribution in [0.4, 0.5) is 14.5 Å². The lowest BCUT2D eigenvalue weighted by Gasteiger charge is -2.31. The van der Waals surface area contributed by atoms with Gasteiger partial charge in [0.15, 0.2) is 11.6 Å². The normalized spacial score (nSPS) is 13.4. The maximum atomic E-state index is 12.3. The number of aromatic nitrogens is 4. The van der Waals surface area contributed by atoms with Crippen LogP contribution < -0.4 is 14.4 Å². The van der Waals surface area contributed by atoms with Crippen molar-refractivity contribution < 1.29 is 18.3 Å². The Morgan fingerprint density at radius 3 is 2.78 bits per heavy atom. The first kappa shape index (κ1) is 17.5. The Kier molecular flexibility index (Phi) is 4.76. The smallest absolute Gasteiger partial charge is 0.387 e. The predicted octanol–water partition coefficient (Wildman–Crippen LogP) is 3.32. The van der Waals surface area contributed by atoms with Crippen molar-refractivity contribution in [3.05, 3.63) is 53.3 Å². The van der Waals surface area contributed by atoms with Crippen molar-refractivity contribution in [2.24, 2.45) is 0 Å². The number of rotatable bonds is 5. The molecule has 0 bridgehead atoms. The second-order valence-electron chi connectivity index (χ2n) is 5.74. The molecule has 1 aromatic heterocycles. The third-order valence-corrected chi connectivity index (χ3v) is 4.36. The molecule has 0 saturated heterocycles. The molecule has 2 heterocycles. The van der Waals surface area contributed by atoms with Gasteiger partial charge in [0, 0.05) is 0 Å². The van der Waals surface area contributed by atoms with Crippen LogP contribution in [-0.2, 0) is 6.54 Å². The van der Waals surface area contributed by atoms with Gasteiger partial charge >= 0.3 is 6.61 Å². The van der Waals surface area contributed by atoms with Crippen LogP contribution in [0.5, 0.6) is 11.5 Å². The minimum Gasteiger partial charge on any atom is -0.488 e. The summed E-state index contributed by atoms with van der Waals surface area (Å²) in [6, 6.07) is 11.7. The molecule has 140 valence electrons. The van der Waals surface area contributed by atoms with E-state index in [4.69, 9.17) is 16.3 Å². The highest BCUT2D eigenvalue weighted by Crippen LogP contribution is 2.38. The first-order valence-corrected chi connectivity index (χ1v) is 8.48. The van der Waals surface area contributed by atoms with Gasteiger partial charge in [-0.25, -0.2) is 0 Å². The average molecular weight is 394 g/mol. The summed E-state index contributed by atoms with van der Waals surface area (Å²) in [6.07, 6.45) is 0. The molecule has 0 aliphatic carbocycles. The van der Waals surface area contributed by atoms with E-state index in [9.17, 15) is 8.78 Å². The summed E-state index contributed by atoms with van der Waals surface area (Å²) >= 11 is 6.20. The van der Waals surface area contributed by atoms with Crippen LogP contribution >= 0.6 is 11.6 Å². The molecule has 0 atom stereocenters. The largest absolute Gasteiger partial charge is 0.488 e. The summed E-state index contributed by atoms with van der Waals surface area (Å²) in [5, 5.41) is 12.4. The number of alkyl halides is 2. The summed E-state index contributed by atoms with van der Waals surface area (Å²) in [6.45, 7) is -1.29. The number of para-hydroxylation sites is 1. The number of anilines is 1. The fourth-order valence-electron chi connectivity index (χ4n) is 2.88. The highest BCUT2D eigenvalue weighted by Gasteiger charge is 2.22. The zero-order chi connectivity index (χ0) is 18.8. The van der Waals surface area contributed by atoms with Gasteiger partial charge in [0.05, 0.1) is 29.5 Å². The molecule has 1 aliphatic rings. The van der Waals surface area contributed by atoms with Crippen LogP contribution in [0.3, 0.4) is 0 Å². The highest BCUT2D eigenvalue weighted by atomic mass is 35.5. The monoisotopic (exact) mass is 393 g/mol. The van der Waals surface area contributed by atoms with E-state index in [1.807, 2.05) is 12.1 Å². The first-order chi connectivity index (χ1) is 13.1. The molecule has 7 nitrogen and oxygen atoms in total. The molecule has 0 spiro atoms. The van der Waals surface area contributed by atoms with Crippen LogP contribution in [-0.4, -0.2) is 40.0 Å². The zero-order valence-corrected chi connectivity index (χ0v) is 14.7. The Bertz CT molecular complexity index is 935. The number of nitrogens with zero attached hydrogens (tertiary/aromatic N) is 5. The Labute approximate surface area is 158 Å². The van der Waals surface area contributed by atoms with E-state index in [1.165, 1.54) is 12.1 Å². The quantitative estimate of drug-likeness (QED) is 0.662. The van der Waals surface area contributed by atoms with Crippen LogP contribution in [0.25, 0.3) is 5.69 Å². The molecule has 2 aromatic carbocycles. The van der Waals surface area contributed by atoms with Crippen molar-refractivity contribution in [3.63, 3.8) is 0 Å². The molecule has 3 aromatic rings. The van der Waals surface area contributed by atoms with Gasteiger partial charge in [-0.1, -0.05) is 17.7 Å². The van der Waals surface area contributed by atoms with Gasteiger partial charge in [0.25, 0.3) is 0 Å². The Morgan fingerprint density at radius 1 is 1.19 bits per heavy atom. The van der Waals surface area contributed by atoms with Crippen LogP contribution in [0.2, 0.25) is 5.02 Å². The molecule has 27 heavy (non-hydrogen) atoms. The molecule has 4 rings (SSSR count). The predicted molar refractivity (Wildman–Crippen MR) is 93.8 cm³/mol. The van der Waals surface area contributed by atoms with E-state index in [0.717, 1.165) is 5.69 Å². The average Bonchev–Trinajstić information content (AvgIpc) is 3.11. The summed E-state index contributed by atoms with van der Waals surface area (Å²) in [7, 11) is 0. The topological polar surface area (TPSA) is 65.3 Å². The number of ether oxygens (including phenoxy) is 2. The number of benzene rings is 2. The second kappa shape index (κ2) is 7.36. The van der Waals surface area contributed by atoms with Crippen molar-refractivity contribution in [1.82, 2.24) is 20.2 Å². The third-order valence-electron chi connectivity index (χ3n) is 4.07. The van der Waals surface area contributed by atoms with Crippen molar-refractivity contribution in [2.45, 2.75) is 13.2 Å². The summed E-state index contributed by atoms with van der Waals surface area (Å²) in [4.78, 5) is 2.07. The van der Waals surface area contributed by atoms with Gasteiger partial charge < -0.3 is 14.4 Å². The second-order valence-corrected chi connectivity index (χ2v) is 6.14. The number of halogens is 3.